The Balaban J connectivity index is 1.11. The number of hydrogen-bond donors (Lipinski definition) is 0. The Morgan fingerprint density at radius 2 is 0.764 bits per heavy atom. The molecule has 0 saturated heterocycles. The molecule has 6 nitrogen and oxygen atoms in total. The predicted molar refractivity (Wildman–Crippen MR) is 295 cm³/mol. The molecule has 0 fully saturated rings. The summed E-state index contributed by atoms with van der Waals surface area (Å²) < 4.78 is 4.69. The fourth-order valence-corrected chi connectivity index (χ4v) is 10.4. The third kappa shape index (κ3) is 7.23. The second kappa shape index (κ2) is 17.4. The normalized spacial score (nSPS) is 11.5. The van der Waals surface area contributed by atoms with Crippen molar-refractivity contribution in [2.75, 3.05) is 0 Å². The van der Waals surface area contributed by atoms with Crippen molar-refractivity contribution in [2.24, 2.45) is 0 Å². The Kier molecular flexibility index (Phi) is 10.2. The zero-order valence-corrected chi connectivity index (χ0v) is 39.6. The molecule has 0 aliphatic carbocycles. The topological polar surface area (TPSA) is 72.3 Å². The minimum atomic E-state index is 0.525. The molecule has 0 aliphatic rings. The second-order valence-electron chi connectivity index (χ2n) is 18.5. The average molecular weight is 921 g/mol. The van der Waals surface area contributed by atoms with Crippen LogP contribution in [-0.2, 0) is 0 Å². The van der Waals surface area contributed by atoms with Gasteiger partial charge in [0.25, 0.3) is 0 Å². The van der Waals surface area contributed by atoms with Crippen molar-refractivity contribution >= 4 is 43.6 Å². The van der Waals surface area contributed by atoms with Crippen LogP contribution in [0.5, 0.6) is 0 Å². The van der Waals surface area contributed by atoms with Crippen molar-refractivity contribution in [3.05, 3.63) is 247 Å². The minimum absolute atomic E-state index is 0.525. The summed E-state index contributed by atoms with van der Waals surface area (Å²) in [4.78, 5) is 15.4. The van der Waals surface area contributed by atoms with Gasteiger partial charge in [-0.2, -0.15) is 5.26 Å². The molecular formula is C66H44N6. The summed E-state index contributed by atoms with van der Waals surface area (Å²) in [6, 6.07) is 83.4. The van der Waals surface area contributed by atoms with Crippen LogP contribution in [0, 0.1) is 25.2 Å². The lowest BCUT2D eigenvalue weighted by atomic mass is 9.94. The standard InChI is InChI=1S/C66H44N6/c1-42-24-28-44(29-25-42)48-32-35-59-54(38-48)52-19-9-11-21-57(52)71(59)61-37-34-50(66-69-64(46-14-5-3-6-15-46)68-65(70-66)47-16-7-4-8-17-47)40-56(61)63-51(41-67)18-13-23-62(63)72-58-22-12-10-20-53(58)55-39-49(33-36-60(55)72)45-30-26-43(2)27-31-45/h3-40H,1-2H3. The molecule has 6 heteroatoms. The summed E-state index contributed by atoms with van der Waals surface area (Å²) in [6.07, 6.45) is 0. The monoisotopic (exact) mass is 920 g/mol. The number of benzene rings is 10. The zero-order chi connectivity index (χ0) is 48.3. The van der Waals surface area contributed by atoms with Crippen LogP contribution in [0.15, 0.2) is 231 Å². The fourth-order valence-electron chi connectivity index (χ4n) is 10.4. The lowest BCUT2D eigenvalue weighted by Gasteiger charge is -2.20. The molecule has 0 aliphatic heterocycles. The highest BCUT2D eigenvalue weighted by molar-refractivity contribution is 6.13. The minimum Gasteiger partial charge on any atom is -0.309 e. The molecule has 0 bridgehead atoms. The maximum Gasteiger partial charge on any atom is 0.164 e. The quantitative estimate of drug-likeness (QED) is 0.152. The number of nitrogens with zero attached hydrogens (tertiary/aromatic N) is 6. The molecule has 10 aromatic carbocycles. The zero-order valence-electron chi connectivity index (χ0n) is 39.6. The van der Waals surface area contributed by atoms with Crippen LogP contribution in [0.3, 0.4) is 0 Å². The maximum absolute atomic E-state index is 11.3. The lowest BCUT2D eigenvalue weighted by molar-refractivity contribution is 1.07. The molecule has 0 N–H and O–H groups in total. The third-order valence-corrected chi connectivity index (χ3v) is 14.0. The fraction of sp³-hybridized carbons (Fsp3) is 0.0303. The highest BCUT2D eigenvalue weighted by atomic mass is 15.0. The van der Waals surface area contributed by atoms with Crippen LogP contribution in [0.2, 0.25) is 0 Å². The number of hydrogen-bond acceptors (Lipinski definition) is 4. The molecule has 0 unspecified atom stereocenters. The summed E-state index contributed by atoms with van der Waals surface area (Å²) in [7, 11) is 0. The van der Waals surface area contributed by atoms with E-state index >= 15 is 0 Å². The molecule has 338 valence electrons. The van der Waals surface area contributed by atoms with E-state index in [0.717, 1.165) is 105 Å². The number of aryl methyl sites for hydroxylation is 2. The Hall–Kier alpha value is -9.70. The van der Waals surface area contributed by atoms with Crippen molar-refractivity contribution in [3.63, 3.8) is 0 Å². The van der Waals surface area contributed by atoms with E-state index in [1.54, 1.807) is 0 Å². The van der Waals surface area contributed by atoms with Crippen LogP contribution in [0.1, 0.15) is 16.7 Å². The van der Waals surface area contributed by atoms with E-state index in [1.165, 1.54) is 11.1 Å². The van der Waals surface area contributed by atoms with Gasteiger partial charge in [0.2, 0.25) is 0 Å². The van der Waals surface area contributed by atoms with Crippen LogP contribution < -0.4 is 0 Å². The Bertz CT molecular complexity index is 4220. The first-order valence-corrected chi connectivity index (χ1v) is 24.2. The van der Waals surface area contributed by atoms with E-state index in [4.69, 9.17) is 15.0 Å². The summed E-state index contributed by atoms with van der Waals surface area (Å²) >= 11 is 0. The molecule has 3 aromatic heterocycles. The predicted octanol–water partition coefficient (Wildman–Crippen LogP) is 16.6. The number of rotatable bonds is 8. The first kappa shape index (κ1) is 42.4. The van der Waals surface area contributed by atoms with Gasteiger partial charge >= 0.3 is 0 Å². The highest BCUT2D eigenvalue weighted by Crippen LogP contribution is 2.44. The van der Waals surface area contributed by atoms with Crippen LogP contribution in [0.25, 0.3) is 123 Å². The number of fused-ring (bicyclic) bond motifs is 6. The largest absolute Gasteiger partial charge is 0.309 e. The van der Waals surface area contributed by atoms with Gasteiger partial charge in [0.15, 0.2) is 17.5 Å². The molecule has 3 heterocycles. The molecule has 0 amide bonds. The Morgan fingerprint density at radius 1 is 0.333 bits per heavy atom. The third-order valence-electron chi connectivity index (χ3n) is 14.0. The van der Waals surface area contributed by atoms with Gasteiger partial charge in [-0.3, -0.25) is 0 Å². The summed E-state index contributed by atoms with van der Waals surface area (Å²) in [5.74, 6) is 1.67. The van der Waals surface area contributed by atoms with Gasteiger partial charge in [-0.05, 0) is 103 Å². The van der Waals surface area contributed by atoms with Gasteiger partial charge in [-0.15, -0.1) is 0 Å². The van der Waals surface area contributed by atoms with Gasteiger partial charge in [0.05, 0.1) is 45.1 Å². The van der Waals surface area contributed by atoms with Crippen LogP contribution in [-0.4, -0.2) is 24.1 Å². The molecule has 0 radical (unpaired) electrons. The van der Waals surface area contributed by atoms with Crippen molar-refractivity contribution in [3.8, 4) is 85.0 Å². The Labute approximate surface area is 417 Å². The molecule has 72 heavy (non-hydrogen) atoms. The summed E-state index contributed by atoms with van der Waals surface area (Å²) in [5, 5.41) is 15.9. The van der Waals surface area contributed by atoms with Crippen molar-refractivity contribution in [2.45, 2.75) is 13.8 Å². The molecule has 13 aromatic rings. The van der Waals surface area contributed by atoms with Gasteiger partial charge in [0.1, 0.15) is 0 Å². The number of aromatic nitrogens is 5. The van der Waals surface area contributed by atoms with Gasteiger partial charge < -0.3 is 9.13 Å². The highest BCUT2D eigenvalue weighted by Gasteiger charge is 2.25. The van der Waals surface area contributed by atoms with E-state index in [1.807, 2.05) is 72.8 Å². The van der Waals surface area contributed by atoms with E-state index in [-0.39, 0.29) is 0 Å². The summed E-state index contributed by atoms with van der Waals surface area (Å²) in [6.45, 7) is 4.24. The first-order chi connectivity index (χ1) is 35.5. The SMILES string of the molecule is Cc1ccc(-c2ccc3c(c2)c2ccccc2n3-c2ccc(-c3nc(-c4ccccc4)nc(-c4ccccc4)n3)cc2-c2c(C#N)cccc2-n2c3ccccc3c3cc(-c4ccc(C)cc4)ccc32)cc1. The van der Waals surface area contributed by atoms with Crippen molar-refractivity contribution in [1.29, 1.82) is 5.26 Å². The van der Waals surface area contributed by atoms with E-state index in [0.29, 0.717) is 23.0 Å². The molecular weight excluding hydrogens is 877 g/mol. The first-order valence-electron chi connectivity index (χ1n) is 24.2. The summed E-state index contributed by atoms with van der Waals surface area (Å²) in [5.41, 5.74) is 17.8. The van der Waals surface area contributed by atoms with Gasteiger partial charge in [0, 0.05) is 49.4 Å². The van der Waals surface area contributed by atoms with Crippen molar-refractivity contribution in [1.82, 2.24) is 24.1 Å². The van der Waals surface area contributed by atoms with E-state index in [9.17, 15) is 5.26 Å². The molecule has 0 spiro atoms. The Morgan fingerprint density at radius 3 is 1.28 bits per heavy atom. The molecule has 13 rings (SSSR count). The van der Waals surface area contributed by atoms with Gasteiger partial charge in [-0.25, -0.2) is 15.0 Å². The number of para-hydroxylation sites is 2. The smallest absolute Gasteiger partial charge is 0.164 e. The molecule has 0 saturated carbocycles. The second-order valence-corrected chi connectivity index (χ2v) is 18.5. The van der Waals surface area contributed by atoms with Gasteiger partial charge in [-0.1, -0.05) is 175 Å². The van der Waals surface area contributed by atoms with E-state index in [2.05, 4.69) is 187 Å². The maximum atomic E-state index is 11.3. The number of nitriles is 1. The lowest BCUT2D eigenvalue weighted by Crippen LogP contribution is -2.05. The molecule has 0 atom stereocenters. The van der Waals surface area contributed by atoms with Crippen LogP contribution in [0.4, 0.5) is 0 Å². The average Bonchev–Trinajstić information content (AvgIpc) is 3.95. The van der Waals surface area contributed by atoms with Crippen molar-refractivity contribution < 1.29 is 0 Å². The van der Waals surface area contributed by atoms with Crippen LogP contribution >= 0.6 is 0 Å². The van der Waals surface area contributed by atoms with E-state index < -0.39 is 0 Å².